The Morgan fingerprint density at radius 3 is 2.33 bits per heavy atom. The van der Waals surface area contributed by atoms with Crippen LogP contribution in [0.25, 0.3) is 28.3 Å². The summed E-state index contributed by atoms with van der Waals surface area (Å²) >= 11 is 0. The maximum absolute atomic E-state index is 5.22. The standard InChI is InChI=1S/C22H22N4O/c1-14-6-5-7-15(2)22(14)26-13-23-21(16(26)3)20-12-19(24-25-20)17-8-10-18(27-4)11-9-17/h5-13H,1-4H3,(H,24,25). The van der Waals surface area contributed by atoms with Crippen molar-refractivity contribution in [3.05, 3.63) is 71.7 Å². The van der Waals surface area contributed by atoms with Crippen LogP contribution in [0.3, 0.4) is 0 Å². The van der Waals surface area contributed by atoms with Gasteiger partial charge in [0.05, 0.1) is 24.2 Å². The predicted molar refractivity (Wildman–Crippen MR) is 107 cm³/mol. The van der Waals surface area contributed by atoms with Gasteiger partial charge >= 0.3 is 0 Å². The van der Waals surface area contributed by atoms with E-state index in [2.05, 4.69) is 58.7 Å². The molecule has 0 aliphatic rings. The number of aromatic amines is 1. The molecule has 27 heavy (non-hydrogen) atoms. The molecule has 2 aromatic carbocycles. The molecule has 0 aliphatic heterocycles. The number of H-pyrrole nitrogens is 1. The molecular weight excluding hydrogens is 336 g/mol. The third-order valence-corrected chi connectivity index (χ3v) is 4.91. The number of rotatable bonds is 4. The fourth-order valence-electron chi connectivity index (χ4n) is 3.44. The molecule has 1 N–H and O–H groups in total. The van der Waals surface area contributed by atoms with Gasteiger partial charge in [-0.2, -0.15) is 5.10 Å². The predicted octanol–water partition coefficient (Wildman–Crippen LogP) is 4.86. The number of benzene rings is 2. The summed E-state index contributed by atoms with van der Waals surface area (Å²) in [7, 11) is 1.66. The van der Waals surface area contributed by atoms with Crippen molar-refractivity contribution in [3.8, 4) is 34.1 Å². The largest absolute Gasteiger partial charge is 0.497 e. The van der Waals surface area contributed by atoms with Gasteiger partial charge in [0.15, 0.2) is 0 Å². The summed E-state index contributed by atoms with van der Waals surface area (Å²) in [6.45, 7) is 6.33. The molecule has 0 amide bonds. The third-order valence-electron chi connectivity index (χ3n) is 4.91. The average Bonchev–Trinajstić information content (AvgIpc) is 3.29. The van der Waals surface area contributed by atoms with Crippen LogP contribution < -0.4 is 4.74 Å². The van der Waals surface area contributed by atoms with Crippen LogP contribution in [0.15, 0.2) is 54.9 Å². The second-order valence-electron chi connectivity index (χ2n) is 6.68. The number of nitrogens with one attached hydrogen (secondary N) is 1. The number of aryl methyl sites for hydroxylation is 2. The summed E-state index contributed by atoms with van der Waals surface area (Å²) in [5.41, 5.74) is 8.45. The summed E-state index contributed by atoms with van der Waals surface area (Å²) in [5, 5.41) is 7.59. The maximum atomic E-state index is 5.22. The first-order valence-corrected chi connectivity index (χ1v) is 8.89. The van der Waals surface area contributed by atoms with Crippen molar-refractivity contribution in [3.63, 3.8) is 0 Å². The number of methoxy groups -OCH3 is 1. The van der Waals surface area contributed by atoms with Gasteiger partial charge in [0.1, 0.15) is 17.8 Å². The Hall–Kier alpha value is -3.34. The highest BCUT2D eigenvalue weighted by atomic mass is 16.5. The van der Waals surface area contributed by atoms with Crippen LogP contribution in [0.5, 0.6) is 5.75 Å². The first-order valence-electron chi connectivity index (χ1n) is 8.89. The molecule has 0 radical (unpaired) electrons. The lowest BCUT2D eigenvalue weighted by molar-refractivity contribution is 0.415. The van der Waals surface area contributed by atoms with Gasteiger partial charge in [-0.3, -0.25) is 5.10 Å². The molecule has 136 valence electrons. The highest BCUT2D eigenvalue weighted by Gasteiger charge is 2.15. The topological polar surface area (TPSA) is 55.7 Å². The first kappa shape index (κ1) is 17.1. The number of hydrogen-bond acceptors (Lipinski definition) is 3. The van der Waals surface area contributed by atoms with E-state index >= 15 is 0 Å². The second kappa shape index (κ2) is 6.76. The van der Waals surface area contributed by atoms with E-state index in [1.807, 2.05) is 36.7 Å². The molecule has 0 atom stereocenters. The summed E-state index contributed by atoms with van der Waals surface area (Å²) in [6.07, 6.45) is 1.88. The summed E-state index contributed by atoms with van der Waals surface area (Å²) in [5.74, 6) is 0.831. The number of para-hydroxylation sites is 1. The smallest absolute Gasteiger partial charge is 0.118 e. The van der Waals surface area contributed by atoms with Gasteiger partial charge in [-0.25, -0.2) is 4.98 Å². The zero-order valence-corrected chi connectivity index (χ0v) is 15.9. The maximum Gasteiger partial charge on any atom is 0.118 e. The molecule has 4 rings (SSSR count). The molecule has 2 heterocycles. The van der Waals surface area contributed by atoms with Crippen LogP contribution in [-0.2, 0) is 0 Å². The Morgan fingerprint density at radius 2 is 1.67 bits per heavy atom. The van der Waals surface area contributed by atoms with E-state index in [1.165, 1.54) is 16.8 Å². The van der Waals surface area contributed by atoms with Crippen molar-refractivity contribution in [2.75, 3.05) is 7.11 Å². The van der Waals surface area contributed by atoms with E-state index in [-0.39, 0.29) is 0 Å². The van der Waals surface area contributed by atoms with E-state index in [9.17, 15) is 0 Å². The molecule has 5 heteroatoms. The van der Waals surface area contributed by atoms with Crippen molar-refractivity contribution in [2.24, 2.45) is 0 Å². The van der Waals surface area contributed by atoms with E-state index < -0.39 is 0 Å². The van der Waals surface area contributed by atoms with Gasteiger partial charge in [0, 0.05) is 11.3 Å². The number of nitrogens with zero attached hydrogens (tertiary/aromatic N) is 3. The van der Waals surface area contributed by atoms with E-state index in [0.717, 1.165) is 34.1 Å². The Kier molecular flexibility index (Phi) is 4.28. The number of aromatic nitrogens is 4. The Morgan fingerprint density at radius 1 is 0.963 bits per heavy atom. The van der Waals surface area contributed by atoms with Gasteiger partial charge in [-0.15, -0.1) is 0 Å². The molecule has 0 fully saturated rings. The van der Waals surface area contributed by atoms with Crippen LogP contribution in [0.2, 0.25) is 0 Å². The van der Waals surface area contributed by atoms with Crippen molar-refractivity contribution in [2.45, 2.75) is 20.8 Å². The summed E-state index contributed by atoms with van der Waals surface area (Å²) in [4.78, 5) is 4.65. The molecule has 0 unspecified atom stereocenters. The first-order chi connectivity index (χ1) is 13.1. The number of ether oxygens (including phenoxy) is 1. The molecule has 0 saturated heterocycles. The van der Waals surface area contributed by atoms with Gasteiger partial charge in [-0.05, 0) is 62.2 Å². The average molecular weight is 358 g/mol. The summed E-state index contributed by atoms with van der Waals surface area (Å²) < 4.78 is 7.37. The molecule has 0 bridgehead atoms. The van der Waals surface area contributed by atoms with E-state index in [1.54, 1.807) is 7.11 Å². The van der Waals surface area contributed by atoms with Crippen LogP contribution in [0.1, 0.15) is 16.8 Å². The van der Waals surface area contributed by atoms with Crippen LogP contribution >= 0.6 is 0 Å². The fraction of sp³-hybridized carbons (Fsp3) is 0.182. The van der Waals surface area contributed by atoms with Gasteiger partial charge in [-0.1, -0.05) is 18.2 Å². The van der Waals surface area contributed by atoms with Crippen LogP contribution in [0, 0.1) is 20.8 Å². The van der Waals surface area contributed by atoms with Crippen molar-refractivity contribution < 1.29 is 4.74 Å². The van der Waals surface area contributed by atoms with Gasteiger partial charge in [0.2, 0.25) is 0 Å². The molecule has 2 aromatic heterocycles. The lowest BCUT2D eigenvalue weighted by Gasteiger charge is -2.12. The fourth-order valence-corrected chi connectivity index (χ4v) is 3.44. The summed E-state index contributed by atoms with van der Waals surface area (Å²) in [6, 6.07) is 16.2. The Labute approximate surface area is 158 Å². The normalized spacial score (nSPS) is 11.0. The van der Waals surface area contributed by atoms with Crippen LogP contribution in [-0.4, -0.2) is 26.9 Å². The quantitative estimate of drug-likeness (QED) is 0.566. The minimum absolute atomic E-state index is 0.831. The van der Waals surface area contributed by atoms with Crippen molar-refractivity contribution in [1.82, 2.24) is 19.7 Å². The monoisotopic (exact) mass is 358 g/mol. The van der Waals surface area contributed by atoms with E-state index in [0.29, 0.717) is 0 Å². The Balaban J connectivity index is 1.71. The zero-order valence-electron chi connectivity index (χ0n) is 15.9. The lowest BCUT2D eigenvalue weighted by atomic mass is 10.1. The number of hydrogen-bond donors (Lipinski definition) is 1. The van der Waals surface area contributed by atoms with Crippen molar-refractivity contribution in [1.29, 1.82) is 0 Å². The lowest BCUT2D eigenvalue weighted by Crippen LogP contribution is -2.00. The Bertz CT molecular complexity index is 1070. The van der Waals surface area contributed by atoms with Crippen molar-refractivity contribution >= 4 is 0 Å². The second-order valence-corrected chi connectivity index (χ2v) is 6.68. The molecule has 0 spiro atoms. The molecule has 0 saturated carbocycles. The van der Waals surface area contributed by atoms with Crippen LogP contribution in [0.4, 0.5) is 0 Å². The molecule has 0 aliphatic carbocycles. The molecular formula is C22H22N4O. The van der Waals surface area contributed by atoms with E-state index in [4.69, 9.17) is 4.74 Å². The minimum Gasteiger partial charge on any atom is -0.497 e. The van der Waals surface area contributed by atoms with Gasteiger partial charge in [0.25, 0.3) is 0 Å². The van der Waals surface area contributed by atoms with Gasteiger partial charge < -0.3 is 9.30 Å². The molecule has 4 aromatic rings. The highest BCUT2D eigenvalue weighted by Crippen LogP contribution is 2.29. The third kappa shape index (κ3) is 3.01. The SMILES string of the molecule is COc1ccc(-c2cc(-c3ncn(-c4c(C)cccc4C)c3C)[nH]n2)cc1. The molecule has 5 nitrogen and oxygen atoms in total. The zero-order chi connectivity index (χ0) is 19.0. The highest BCUT2D eigenvalue weighted by molar-refractivity contribution is 5.68. The number of imidazole rings is 1. The minimum atomic E-state index is 0.831.